The molecule has 1 fully saturated rings. The van der Waals surface area contributed by atoms with Gasteiger partial charge in [-0.15, -0.1) is 0 Å². The molecule has 3 rings (SSSR count). The Hall–Kier alpha value is -1.84. The SMILES string of the molecule is CCc1ccc2oc(C3C(C(=O)O)C3(C)C)nc2c1. The van der Waals surface area contributed by atoms with Crippen molar-refractivity contribution in [2.24, 2.45) is 11.3 Å². The molecular formula is C15H17NO3. The van der Waals surface area contributed by atoms with Crippen molar-refractivity contribution in [2.45, 2.75) is 33.1 Å². The second-order valence-corrected chi connectivity index (χ2v) is 5.82. The lowest BCUT2D eigenvalue weighted by atomic mass is 10.1. The normalized spacial score (nSPS) is 24.6. The van der Waals surface area contributed by atoms with E-state index < -0.39 is 11.9 Å². The first-order chi connectivity index (χ1) is 8.95. The molecule has 0 bridgehead atoms. The second kappa shape index (κ2) is 3.83. The summed E-state index contributed by atoms with van der Waals surface area (Å²) in [4.78, 5) is 15.7. The van der Waals surface area contributed by atoms with Gasteiger partial charge in [0.1, 0.15) is 5.52 Å². The molecule has 1 aromatic carbocycles. The van der Waals surface area contributed by atoms with Crippen LogP contribution in [0.15, 0.2) is 22.6 Å². The summed E-state index contributed by atoms with van der Waals surface area (Å²) in [6.45, 7) is 5.98. The van der Waals surface area contributed by atoms with Crippen LogP contribution in [0.2, 0.25) is 0 Å². The molecule has 0 spiro atoms. The number of fused-ring (bicyclic) bond motifs is 1. The van der Waals surface area contributed by atoms with Gasteiger partial charge in [-0.05, 0) is 29.5 Å². The van der Waals surface area contributed by atoms with Crippen molar-refractivity contribution < 1.29 is 14.3 Å². The third-order valence-electron chi connectivity index (χ3n) is 4.24. The van der Waals surface area contributed by atoms with E-state index in [-0.39, 0.29) is 11.3 Å². The Morgan fingerprint density at radius 1 is 1.47 bits per heavy atom. The minimum absolute atomic E-state index is 0.123. The molecule has 4 nitrogen and oxygen atoms in total. The highest BCUT2D eigenvalue weighted by Gasteiger charge is 2.65. The quantitative estimate of drug-likeness (QED) is 0.919. The van der Waals surface area contributed by atoms with Crippen molar-refractivity contribution in [1.29, 1.82) is 0 Å². The fourth-order valence-electron chi connectivity index (χ4n) is 2.90. The molecule has 0 saturated heterocycles. The number of carboxylic acid groups (broad SMARTS) is 1. The van der Waals surface area contributed by atoms with Crippen molar-refractivity contribution in [2.75, 3.05) is 0 Å². The van der Waals surface area contributed by atoms with Gasteiger partial charge in [-0.1, -0.05) is 26.8 Å². The standard InChI is InChI=1S/C15H17NO3/c1-4-8-5-6-10-9(7-8)16-13(19-10)11-12(14(17)18)15(11,2)3/h5-7,11-12H,4H2,1-3H3,(H,17,18). The van der Waals surface area contributed by atoms with E-state index in [1.165, 1.54) is 5.56 Å². The largest absolute Gasteiger partial charge is 0.481 e. The van der Waals surface area contributed by atoms with E-state index in [2.05, 4.69) is 11.9 Å². The third kappa shape index (κ3) is 1.74. The molecule has 0 amide bonds. The number of nitrogens with zero attached hydrogens (tertiary/aromatic N) is 1. The molecule has 1 heterocycles. The first-order valence-electron chi connectivity index (χ1n) is 6.57. The van der Waals surface area contributed by atoms with Gasteiger partial charge in [-0.25, -0.2) is 4.98 Å². The molecule has 0 aliphatic heterocycles. The van der Waals surface area contributed by atoms with Gasteiger partial charge in [0.2, 0.25) is 0 Å². The number of carboxylic acids is 1. The predicted octanol–water partition coefficient (Wildman–Crippen LogP) is 3.21. The summed E-state index contributed by atoms with van der Waals surface area (Å²) in [5.74, 6) is -0.735. The van der Waals surface area contributed by atoms with Gasteiger partial charge in [-0.2, -0.15) is 0 Å². The molecule has 2 unspecified atom stereocenters. The van der Waals surface area contributed by atoms with Crippen LogP contribution in [-0.4, -0.2) is 16.1 Å². The number of hydrogen-bond donors (Lipinski definition) is 1. The Labute approximate surface area is 111 Å². The van der Waals surface area contributed by atoms with Crippen molar-refractivity contribution in [1.82, 2.24) is 4.98 Å². The van der Waals surface area contributed by atoms with Crippen molar-refractivity contribution in [3.63, 3.8) is 0 Å². The Balaban J connectivity index is 2.01. The molecule has 19 heavy (non-hydrogen) atoms. The van der Waals surface area contributed by atoms with Crippen LogP contribution < -0.4 is 0 Å². The first kappa shape index (κ1) is 12.2. The van der Waals surface area contributed by atoms with Gasteiger partial charge in [0, 0.05) is 0 Å². The molecule has 4 heteroatoms. The van der Waals surface area contributed by atoms with E-state index in [4.69, 9.17) is 4.42 Å². The fraction of sp³-hybridized carbons (Fsp3) is 0.467. The maximum Gasteiger partial charge on any atom is 0.307 e. The molecule has 2 atom stereocenters. The summed E-state index contributed by atoms with van der Waals surface area (Å²) in [6, 6.07) is 5.94. The topological polar surface area (TPSA) is 63.3 Å². The number of aryl methyl sites for hydroxylation is 1. The smallest absolute Gasteiger partial charge is 0.307 e. The average molecular weight is 259 g/mol. The van der Waals surface area contributed by atoms with Gasteiger partial charge in [0.05, 0.1) is 11.8 Å². The highest BCUT2D eigenvalue weighted by atomic mass is 16.4. The number of oxazole rings is 1. The molecule has 1 aromatic heterocycles. The molecule has 100 valence electrons. The Bertz CT molecular complexity index is 656. The number of aromatic nitrogens is 1. The Morgan fingerprint density at radius 2 is 2.21 bits per heavy atom. The summed E-state index contributed by atoms with van der Waals surface area (Å²) in [7, 11) is 0. The van der Waals surface area contributed by atoms with Crippen LogP contribution in [-0.2, 0) is 11.2 Å². The number of rotatable bonds is 3. The lowest BCUT2D eigenvalue weighted by molar-refractivity contribution is -0.139. The van der Waals surface area contributed by atoms with Crippen LogP contribution in [0, 0.1) is 11.3 Å². The van der Waals surface area contributed by atoms with Gasteiger partial charge in [0.25, 0.3) is 0 Å². The fourth-order valence-corrected chi connectivity index (χ4v) is 2.90. The highest BCUT2D eigenvalue weighted by Crippen LogP contribution is 2.64. The van der Waals surface area contributed by atoms with E-state index in [1.807, 2.05) is 32.0 Å². The lowest BCUT2D eigenvalue weighted by Crippen LogP contribution is -2.03. The summed E-state index contributed by atoms with van der Waals surface area (Å²) >= 11 is 0. The van der Waals surface area contributed by atoms with E-state index in [0.29, 0.717) is 5.89 Å². The maximum atomic E-state index is 11.2. The van der Waals surface area contributed by atoms with E-state index in [9.17, 15) is 9.90 Å². The van der Waals surface area contributed by atoms with Gasteiger partial charge >= 0.3 is 5.97 Å². The molecule has 1 saturated carbocycles. The first-order valence-corrected chi connectivity index (χ1v) is 6.57. The summed E-state index contributed by atoms with van der Waals surface area (Å²) in [6.07, 6.45) is 0.949. The predicted molar refractivity (Wildman–Crippen MR) is 71.0 cm³/mol. The van der Waals surface area contributed by atoms with Crippen LogP contribution in [0.5, 0.6) is 0 Å². The number of hydrogen-bond acceptors (Lipinski definition) is 3. The minimum Gasteiger partial charge on any atom is -0.481 e. The minimum atomic E-state index is -0.772. The monoisotopic (exact) mass is 259 g/mol. The second-order valence-electron chi connectivity index (χ2n) is 5.82. The zero-order valence-electron chi connectivity index (χ0n) is 11.3. The van der Waals surface area contributed by atoms with Crippen LogP contribution in [0.4, 0.5) is 0 Å². The van der Waals surface area contributed by atoms with Crippen molar-refractivity contribution >= 4 is 17.1 Å². The zero-order valence-corrected chi connectivity index (χ0v) is 11.3. The van der Waals surface area contributed by atoms with Crippen molar-refractivity contribution in [3.8, 4) is 0 Å². The summed E-state index contributed by atoms with van der Waals surface area (Å²) in [5, 5.41) is 9.21. The molecule has 1 aliphatic rings. The average Bonchev–Trinajstić information content (AvgIpc) is 2.75. The summed E-state index contributed by atoms with van der Waals surface area (Å²) in [5.41, 5.74) is 2.48. The summed E-state index contributed by atoms with van der Waals surface area (Å²) < 4.78 is 5.73. The highest BCUT2D eigenvalue weighted by molar-refractivity contribution is 5.78. The lowest BCUT2D eigenvalue weighted by Gasteiger charge is -1.96. The maximum absolute atomic E-state index is 11.2. The van der Waals surface area contributed by atoms with Gasteiger partial charge < -0.3 is 9.52 Å². The number of benzene rings is 1. The Morgan fingerprint density at radius 3 is 2.79 bits per heavy atom. The van der Waals surface area contributed by atoms with Crippen LogP contribution in [0.3, 0.4) is 0 Å². The number of aliphatic carboxylic acids is 1. The number of carbonyl (C=O) groups is 1. The van der Waals surface area contributed by atoms with E-state index in [0.717, 1.165) is 17.5 Å². The Kier molecular flexibility index (Phi) is 2.46. The zero-order chi connectivity index (χ0) is 13.8. The molecule has 2 aromatic rings. The van der Waals surface area contributed by atoms with Crippen molar-refractivity contribution in [3.05, 3.63) is 29.7 Å². The molecular weight excluding hydrogens is 242 g/mol. The third-order valence-corrected chi connectivity index (χ3v) is 4.24. The molecule has 1 N–H and O–H groups in total. The van der Waals surface area contributed by atoms with Crippen LogP contribution in [0.1, 0.15) is 38.1 Å². The van der Waals surface area contributed by atoms with Gasteiger partial charge in [0.15, 0.2) is 11.5 Å². The molecule has 0 radical (unpaired) electrons. The van der Waals surface area contributed by atoms with Crippen LogP contribution in [0.25, 0.3) is 11.1 Å². The van der Waals surface area contributed by atoms with Crippen LogP contribution >= 0.6 is 0 Å². The van der Waals surface area contributed by atoms with E-state index in [1.54, 1.807) is 0 Å². The molecule has 1 aliphatic carbocycles. The van der Waals surface area contributed by atoms with Gasteiger partial charge in [-0.3, -0.25) is 4.79 Å². The van der Waals surface area contributed by atoms with E-state index >= 15 is 0 Å².